The average Bonchev–Trinajstić information content (AvgIpc) is 2.78. The molecule has 2 aromatic rings. The number of nitrogens with zero attached hydrogens (tertiary/aromatic N) is 2. The Balaban J connectivity index is 2.15. The van der Waals surface area contributed by atoms with Gasteiger partial charge in [0.2, 0.25) is 0 Å². The van der Waals surface area contributed by atoms with Crippen LogP contribution in [0.1, 0.15) is 24.2 Å². The number of rotatable bonds is 1. The molecule has 1 aromatic carbocycles. The zero-order valence-electron chi connectivity index (χ0n) is 9.79. The van der Waals surface area contributed by atoms with E-state index in [4.69, 9.17) is 28.9 Å². The van der Waals surface area contributed by atoms with Gasteiger partial charge in [-0.05, 0) is 37.8 Å². The number of nitrogens with two attached hydrogens (primary N) is 1. The maximum Gasteiger partial charge on any atom is 0.0998 e. The molecule has 1 heterocycles. The molecule has 18 heavy (non-hydrogen) atoms. The third-order valence-electron chi connectivity index (χ3n) is 3.36. The van der Waals surface area contributed by atoms with E-state index in [9.17, 15) is 0 Å². The van der Waals surface area contributed by atoms with Crippen molar-refractivity contribution in [1.82, 2.24) is 9.55 Å². The smallest absolute Gasteiger partial charge is 0.0998 e. The summed E-state index contributed by atoms with van der Waals surface area (Å²) in [4.78, 5) is 4.46. The molecule has 3 nitrogen and oxygen atoms in total. The number of imidazole rings is 1. The molecule has 1 aliphatic carbocycles. The lowest BCUT2D eigenvalue weighted by Gasteiger charge is -2.15. The molecule has 94 valence electrons. The Morgan fingerprint density at radius 2 is 1.83 bits per heavy atom. The van der Waals surface area contributed by atoms with E-state index >= 15 is 0 Å². The van der Waals surface area contributed by atoms with Gasteiger partial charge in [0.1, 0.15) is 0 Å². The number of halogens is 2. The summed E-state index contributed by atoms with van der Waals surface area (Å²) in [7, 11) is 0. The molecule has 1 aliphatic rings. The first kappa shape index (κ1) is 11.9. The third-order valence-corrected chi connectivity index (χ3v) is 4.08. The van der Waals surface area contributed by atoms with Crippen molar-refractivity contribution in [2.24, 2.45) is 0 Å². The van der Waals surface area contributed by atoms with Crippen molar-refractivity contribution in [2.75, 3.05) is 5.73 Å². The van der Waals surface area contributed by atoms with E-state index < -0.39 is 0 Å². The van der Waals surface area contributed by atoms with E-state index in [-0.39, 0.29) is 0 Å². The zero-order chi connectivity index (χ0) is 12.7. The Kier molecular flexibility index (Phi) is 2.96. The molecule has 0 atom stereocenters. The highest BCUT2D eigenvalue weighted by Crippen LogP contribution is 2.32. The third kappa shape index (κ3) is 1.88. The predicted molar refractivity (Wildman–Crippen MR) is 74.6 cm³/mol. The fourth-order valence-electron chi connectivity index (χ4n) is 2.44. The second-order valence-electron chi connectivity index (χ2n) is 4.54. The van der Waals surface area contributed by atoms with Crippen LogP contribution in [0.25, 0.3) is 5.69 Å². The van der Waals surface area contributed by atoms with Crippen LogP contribution in [0.2, 0.25) is 10.0 Å². The number of anilines is 1. The topological polar surface area (TPSA) is 43.8 Å². The van der Waals surface area contributed by atoms with E-state index in [0.29, 0.717) is 15.7 Å². The Bertz CT molecular complexity index is 605. The minimum atomic E-state index is 0.479. The van der Waals surface area contributed by atoms with Crippen LogP contribution >= 0.6 is 23.2 Å². The highest BCUT2D eigenvalue weighted by atomic mass is 35.5. The Morgan fingerprint density at radius 3 is 2.67 bits per heavy atom. The second-order valence-corrected chi connectivity index (χ2v) is 5.35. The maximum absolute atomic E-state index is 6.06. The van der Waals surface area contributed by atoms with Crippen LogP contribution in [-0.2, 0) is 12.8 Å². The van der Waals surface area contributed by atoms with E-state index in [1.165, 1.54) is 24.2 Å². The molecule has 2 N–H and O–H groups in total. The molecule has 0 spiro atoms. The highest BCUT2D eigenvalue weighted by Gasteiger charge is 2.17. The average molecular weight is 282 g/mol. The molecule has 3 rings (SSSR count). The van der Waals surface area contributed by atoms with Crippen LogP contribution in [0.3, 0.4) is 0 Å². The van der Waals surface area contributed by atoms with Gasteiger partial charge in [0, 0.05) is 5.69 Å². The molecule has 0 amide bonds. The van der Waals surface area contributed by atoms with Crippen molar-refractivity contribution in [2.45, 2.75) is 25.7 Å². The lowest BCUT2D eigenvalue weighted by molar-refractivity contribution is 0.656. The summed E-state index contributed by atoms with van der Waals surface area (Å²) in [6.45, 7) is 0. The van der Waals surface area contributed by atoms with Crippen LogP contribution in [0.4, 0.5) is 5.69 Å². The first-order valence-corrected chi connectivity index (χ1v) is 6.72. The molecule has 5 heteroatoms. The van der Waals surface area contributed by atoms with Gasteiger partial charge in [0.25, 0.3) is 0 Å². The van der Waals surface area contributed by atoms with E-state index in [1.807, 2.05) is 10.9 Å². The normalized spacial score (nSPS) is 14.6. The highest BCUT2D eigenvalue weighted by molar-refractivity contribution is 6.42. The number of aryl methyl sites for hydroxylation is 1. The van der Waals surface area contributed by atoms with Crippen molar-refractivity contribution < 1.29 is 0 Å². The van der Waals surface area contributed by atoms with Gasteiger partial charge in [-0.25, -0.2) is 4.98 Å². The molecule has 0 saturated heterocycles. The van der Waals surface area contributed by atoms with Gasteiger partial charge in [0.15, 0.2) is 0 Å². The maximum atomic E-state index is 6.06. The van der Waals surface area contributed by atoms with Crippen molar-refractivity contribution in [3.05, 3.63) is 39.9 Å². The second kappa shape index (κ2) is 4.48. The molecule has 0 fully saturated rings. The summed E-state index contributed by atoms with van der Waals surface area (Å²) in [6, 6.07) is 3.49. The summed E-state index contributed by atoms with van der Waals surface area (Å²) in [5.74, 6) is 0. The Hall–Kier alpha value is -1.19. The predicted octanol–water partition coefficient (Wildman–Crippen LogP) is 3.64. The number of nitrogen functional groups attached to an aromatic ring is 1. The molecule has 0 bridgehead atoms. The van der Waals surface area contributed by atoms with Crippen LogP contribution in [-0.4, -0.2) is 9.55 Å². The minimum Gasteiger partial charge on any atom is -0.397 e. The summed E-state index contributed by atoms with van der Waals surface area (Å²) >= 11 is 12.0. The number of hydrogen-bond donors (Lipinski definition) is 1. The molecule has 1 aromatic heterocycles. The Labute approximate surface area is 116 Å². The largest absolute Gasteiger partial charge is 0.397 e. The van der Waals surface area contributed by atoms with Crippen molar-refractivity contribution in [1.29, 1.82) is 0 Å². The summed E-state index contributed by atoms with van der Waals surface area (Å²) in [5.41, 5.74) is 9.92. The first-order valence-electron chi connectivity index (χ1n) is 5.97. The SMILES string of the molecule is Nc1cc(Cl)c(Cl)cc1-n1cnc2c1CCCC2. The standard InChI is InChI=1S/C13H13Cl2N3/c14-8-5-10(16)13(6-9(8)15)18-7-17-11-3-1-2-4-12(11)18/h5-7H,1-4,16H2. The van der Waals surface area contributed by atoms with E-state index in [2.05, 4.69) is 4.98 Å². The number of fused-ring (bicyclic) bond motifs is 1. The number of benzene rings is 1. The van der Waals surface area contributed by atoms with Crippen molar-refractivity contribution in [3.8, 4) is 5.69 Å². The van der Waals surface area contributed by atoms with Gasteiger partial charge >= 0.3 is 0 Å². The Morgan fingerprint density at radius 1 is 1.11 bits per heavy atom. The first-order chi connectivity index (χ1) is 8.66. The van der Waals surface area contributed by atoms with E-state index in [1.54, 1.807) is 12.1 Å². The monoisotopic (exact) mass is 281 g/mol. The van der Waals surface area contributed by atoms with Crippen LogP contribution < -0.4 is 5.73 Å². The number of hydrogen-bond acceptors (Lipinski definition) is 2. The molecular formula is C13H13Cl2N3. The lowest BCUT2D eigenvalue weighted by Crippen LogP contribution is -2.08. The summed E-state index contributed by atoms with van der Waals surface area (Å²) in [5, 5.41) is 0.992. The van der Waals surface area contributed by atoms with Crippen LogP contribution in [0.15, 0.2) is 18.5 Å². The summed E-state index contributed by atoms with van der Waals surface area (Å²) < 4.78 is 2.03. The van der Waals surface area contributed by atoms with Crippen LogP contribution in [0.5, 0.6) is 0 Å². The van der Waals surface area contributed by atoms with Gasteiger partial charge < -0.3 is 10.3 Å². The quantitative estimate of drug-likeness (QED) is 0.811. The van der Waals surface area contributed by atoms with Gasteiger partial charge in [-0.2, -0.15) is 0 Å². The van der Waals surface area contributed by atoms with Gasteiger partial charge in [-0.3, -0.25) is 0 Å². The molecule has 0 radical (unpaired) electrons. The molecular weight excluding hydrogens is 269 g/mol. The van der Waals surface area contributed by atoms with E-state index in [0.717, 1.165) is 18.5 Å². The van der Waals surface area contributed by atoms with Crippen molar-refractivity contribution >= 4 is 28.9 Å². The molecule has 0 unspecified atom stereocenters. The fourth-order valence-corrected chi connectivity index (χ4v) is 2.77. The molecule has 0 saturated carbocycles. The van der Waals surface area contributed by atoms with Gasteiger partial charge in [-0.15, -0.1) is 0 Å². The number of aromatic nitrogens is 2. The van der Waals surface area contributed by atoms with Gasteiger partial charge in [-0.1, -0.05) is 23.2 Å². The van der Waals surface area contributed by atoms with Crippen molar-refractivity contribution in [3.63, 3.8) is 0 Å². The lowest BCUT2D eigenvalue weighted by atomic mass is 10.0. The van der Waals surface area contributed by atoms with Gasteiger partial charge in [0.05, 0.1) is 33.4 Å². The zero-order valence-corrected chi connectivity index (χ0v) is 11.3. The fraction of sp³-hybridized carbons (Fsp3) is 0.308. The molecule has 0 aliphatic heterocycles. The summed E-state index contributed by atoms with van der Waals surface area (Å²) in [6.07, 6.45) is 6.31. The van der Waals surface area contributed by atoms with Crippen LogP contribution in [0, 0.1) is 0 Å². The minimum absolute atomic E-state index is 0.479.